The van der Waals surface area contributed by atoms with Crippen molar-refractivity contribution in [2.24, 2.45) is 0 Å². The first-order valence-electron chi connectivity index (χ1n) is 8.54. The molecule has 10 heteroatoms. The van der Waals surface area contributed by atoms with Gasteiger partial charge in [0.25, 0.3) is 10.0 Å². The van der Waals surface area contributed by atoms with Crippen LogP contribution < -0.4 is 4.72 Å². The van der Waals surface area contributed by atoms with Gasteiger partial charge in [0.15, 0.2) is 5.03 Å². The van der Waals surface area contributed by atoms with E-state index in [1.165, 1.54) is 0 Å². The maximum atomic E-state index is 12.7. The summed E-state index contributed by atoms with van der Waals surface area (Å²) in [6, 6.07) is 18.4. The highest BCUT2D eigenvalue weighted by molar-refractivity contribution is 7.89. The number of carbonyl (C=O) groups is 1. The van der Waals surface area contributed by atoms with Gasteiger partial charge in [-0.3, -0.25) is 9.89 Å². The number of aromatic amines is 1. The van der Waals surface area contributed by atoms with Gasteiger partial charge in [-0.05, 0) is 5.56 Å². The summed E-state index contributed by atoms with van der Waals surface area (Å²) in [5, 5.41) is 23.6. The highest BCUT2D eigenvalue weighted by Crippen LogP contribution is 2.37. The Morgan fingerprint density at radius 1 is 0.966 bits per heavy atom. The molecule has 0 fully saturated rings. The Bertz CT molecular complexity index is 1290. The van der Waals surface area contributed by atoms with E-state index >= 15 is 0 Å². The zero-order valence-corrected chi connectivity index (χ0v) is 15.7. The van der Waals surface area contributed by atoms with E-state index in [1.54, 1.807) is 0 Å². The summed E-state index contributed by atoms with van der Waals surface area (Å²) in [6.45, 7) is -0.756. The van der Waals surface area contributed by atoms with Crippen molar-refractivity contribution in [1.29, 1.82) is 0 Å². The van der Waals surface area contributed by atoms with Gasteiger partial charge in [0.05, 0.1) is 5.39 Å². The molecule has 0 aliphatic heterocycles. The average molecular weight is 409 g/mol. The lowest BCUT2D eigenvalue weighted by molar-refractivity contribution is -0.135. The molecule has 4 aromatic rings. The second-order valence-corrected chi connectivity index (χ2v) is 7.83. The monoisotopic (exact) mass is 409 g/mol. The zero-order chi connectivity index (χ0) is 20.4. The standard InChI is InChI=1S/C19H15N5O4S/c25-14(26)11-20-29(27,28)19-16-15(12-7-3-1-4-8-12)17(13-9-5-2-6-10-13)21-22-18(16)23-24-19/h1-10,20H,11H2,(H,25,26)(H,22,23,24). The predicted molar refractivity (Wildman–Crippen MR) is 105 cm³/mol. The summed E-state index contributed by atoms with van der Waals surface area (Å²) in [5.41, 5.74) is 2.61. The lowest BCUT2D eigenvalue weighted by Crippen LogP contribution is -2.29. The second kappa shape index (κ2) is 7.41. The van der Waals surface area contributed by atoms with Crippen LogP contribution in [0, 0.1) is 0 Å². The van der Waals surface area contributed by atoms with Crippen molar-refractivity contribution < 1.29 is 18.3 Å². The van der Waals surface area contributed by atoms with Gasteiger partial charge < -0.3 is 5.11 Å². The second-order valence-electron chi connectivity index (χ2n) is 6.13. The molecule has 0 unspecified atom stereocenters. The minimum Gasteiger partial charge on any atom is -0.480 e. The third kappa shape index (κ3) is 3.58. The van der Waals surface area contributed by atoms with Gasteiger partial charge in [0, 0.05) is 11.1 Å². The van der Waals surface area contributed by atoms with Crippen molar-refractivity contribution in [3.8, 4) is 22.4 Å². The molecular weight excluding hydrogens is 394 g/mol. The highest BCUT2D eigenvalue weighted by Gasteiger charge is 2.27. The number of aliphatic carboxylic acids is 1. The summed E-state index contributed by atoms with van der Waals surface area (Å²) in [7, 11) is -4.18. The Morgan fingerprint density at radius 3 is 2.21 bits per heavy atom. The molecule has 2 heterocycles. The molecule has 0 saturated heterocycles. The molecule has 3 N–H and O–H groups in total. The summed E-state index contributed by atoms with van der Waals surface area (Å²) in [4.78, 5) is 10.8. The van der Waals surface area contributed by atoms with E-state index in [2.05, 4.69) is 20.4 Å². The van der Waals surface area contributed by atoms with Crippen molar-refractivity contribution >= 4 is 27.0 Å². The van der Waals surface area contributed by atoms with Crippen LogP contribution >= 0.6 is 0 Å². The number of hydrogen-bond donors (Lipinski definition) is 3. The third-order valence-corrected chi connectivity index (χ3v) is 5.59. The Balaban J connectivity index is 2.03. The van der Waals surface area contributed by atoms with E-state index in [9.17, 15) is 13.2 Å². The van der Waals surface area contributed by atoms with Crippen LogP contribution in [0.25, 0.3) is 33.4 Å². The number of nitrogens with one attached hydrogen (secondary N) is 2. The molecular formula is C19H15N5O4S. The van der Waals surface area contributed by atoms with Gasteiger partial charge in [-0.2, -0.15) is 9.82 Å². The highest BCUT2D eigenvalue weighted by atomic mass is 32.2. The molecule has 2 aromatic heterocycles. The fourth-order valence-corrected chi connectivity index (χ4v) is 4.07. The van der Waals surface area contributed by atoms with Crippen molar-refractivity contribution in [1.82, 2.24) is 25.1 Å². The number of H-pyrrole nitrogens is 1. The Labute approximate surface area is 165 Å². The van der Waals surface area contributed by atoms with Crippen LogP contribution in [0.3, 0.4) is 0 Å². The number of hydrogen-bond acceptors (Lipinski definition) is 6. The molecule has 0 atom stereocenters. The zero-order valence-electron chi connectivity index (χ0n) is 14.9. The number of sulfonamides is 1. The Morgan fingerprint density at radius 2 is 1.59 bits per heavy atom. The maximum Gasteiger partial charge on any atom is 0.318 e. The largest absolute Gasteiger partial charge is 0.480 e. The first-order chi connectivity index (χ1) is 14.0. The Kier molecular flexibility index (Phi) is 4.79. The van der Waals surface area contributed by atoms with Crippen LogP contribution in [-0.4, -0.2) is 46.4 Å². The van der Waals surface area contributed by atoms with Gasteiger partial charge in [0.1, 0.15) is 12.2 Å². The van der Waals surface area contributed by atoms with E-state index < -0.39 is 22.5 Å². The van der Waals surface area contributed by atoms with E-state index in [-0.39, 0.29) is 16.1 Å². The van der Waals surface area contributed by atoms with Crippen molar-refractivity contribution in [3.05, 3.63) is 60.7 Å². The minimum atomic E-state index is -4.18. The SMILES string of the molecule is O=C(O)CNS(=O)(=O)c1[nH]nc2nnc(-c3ccccc3)c(-c3ccccc3)c12. The van der Waals surface area contributed by atoms with E-state index in [0.29, 0.717) is 11.3 Å². The normalized spacial score (nSPS) is 11.6. The summed E-state index contributed by atoms with van der Waals surface area (Å²) in [5.74, 6) is -1.30. The molecule has 146 valence electrons. The van der Waals surface area contributed by atoms with Crippen LogP contribution in [0.5, 0.6) is 0 Å². The molecule has 0 aliphatic rings. The van der Waals surface area contributed by atoms with Crippen LogP contribution in [-0.2, 0) is 14.8 Å². The van der Waals surface area contributed by atoms with Gasteiger partial charge in [0.2, 0.25) is 5.65 Å². The predicted octanol–water partition coefficient (Wildman–Crippen LogP) is 2.05. The third-order valence-electron chi connectivity index (χ3n) is 4.24. The van der Waals surface area contributed by atoms with Crippen molar-refractivity contribution in [2.45, 2.75) is 5.03 Å². The molecule has 9 nitrogen and oxygen atoms in total. The number of carboxylic acid groups (broad SMARTS) is 1. The van der Waals surface area contributed by atoms with Gasteiger partial charge in [-0.15, -0.1) is 10.2 Å². The molecule has 29 heavy (non-hydrogen) atoms. The van der Waals surface area contributed by atoms with Crippen LogP contribution in [0.15, 0.2) is 65.7 Å². The topological polar surface area (TPSA) is 138 Å². The number of benzene rings is 2. The number of fused-ring (bicyclic) bond motifs is 1. The summed E-state index contributed by atoms with van der Waals surface area (Å²) < 4.78 is 27.5. The van der Waals surface area contributed by atoms with E-state index in [0.717, 1.165) is 11.1 Å². The molecule has 4 rings (SSSR count). The Hall–Kier alpha value is -3.63. The quantitative estimate of drug-likeness (QED) is 0.443. The molecule has 0 amide bonds. The van der Waals surface area contributed by atoms with Crippen molar-refractivity contribution in [3.63, 3.8) is 0 Å². The average Bonchev–Trinajstić information content (AvgIpc) is 3.18. The van der Waals surface area contributed by atoms with E-state index in [4.69, 9.17) is 5.11 Å². The summed E-state index contributed by atoms with van der Waals surface area (Å²) >= 11 is 0. The summed E-state index contributed by atoms with van der Waals surface area (Å²) in [6.07, 6.45) is 0. The number of rotatable bonds is 6. The van der Waals surface area contributed by atoms with Crippen LogP contribution in [0.4, 0.5) is 0 Å². The lowest BCUT2D eigenvalue weighted by atomic mass is 9.98. The van der Waals surface area contributed by atoms with Gasteiger partial charge >= 0.3 is 5.97 Å². The van der Waals surface area contributed by atoms with Gasteiger partial charge in [-0.25, -0.2) is 8.42 Å². The van der Waals surface area contributed by atoms with Crippen LogP contribution in [0.2, 0.25) is 0 Å². The first kappa shape index (κ1) is 18.7. The fourth-order valence-electron chi connectivity index (χ4n) is 2.99. The number of aromatic nitrogens is 4. The molecule has 0 radical (unpaired) electrons. The smallest absolute Gasteiger partial charge is 0.318 e. The molecule has 0 spiro atoms. The number of nitrogens with zero attached hydrogens (tertiary/aromatic N) is 3. The van der Waals surface area contributed by atoms with E-state index in [1.807, 2.05) is 65.4 Å². The maximum absolute atomic E-state index is 12.7. The number of carboxylic acids is 1. The molecule has 2 aromatic carbocycles. The van der Waals surface area contributed by atoms with Gasteiger partial charge in [-0.1, -0.05) is 60.7 Å². The first-order valence-corrected chi connectivity index (χ1v) is 10.0. The fraction of sp³-hybridized carbons (Fsp3) is 0.0526. The lowest BCUT2D eigenvalue weighted by Gasteiger charge is -2.11. The molecule has 0 aliphatic carbocycles. The van der Waals surface area contributed by atoms with Crippen LogP contribution in [0.1, 0.15) is 0 Å². The molecule has 0 bridgehead atoms. The molecule has 0 saturated carbocycles. The van der Waals surface area contributed by atoms with Crippen molar-refractivity contribution in [2.75, 3.05) is 6.54 Å². The minimum absolute atomic E-state index is 0.110.